The fourth-order valence-electron chi connectivity index (χ4n) is 1.92. The summed E-state index contributed by atoms with van der Waals surface area (Å²) in [5.74, 6) is 0. The van der Waals surface area contributed by atoms with Gasteiger partial charge in [0.15, 0.2) is 0 Å². The molecule has 1 aromatic heterocycles. The molecule has 0 aliphatic carbocycles. The van der Waals surface area contributed by atoms with E-state index < -0.39 is 0 Å². The van der Waals surface area contributed by atoms with Gasteiger partial charge in [-0.15, -0.1) is 0 Å². The maximum Gasteiger partial charge on any atom is 0.0815 e. The Kier molecular flexibility index (Phi) is 4.61. The molecule has 0 fully saturated rings. The number of halogens is 1. The molecule has 1 aromatic carbocycles. The van der Waals surface area contributed by atoms with Gasteiger partial charge in [-0.05, 0) is 18.1 Å². The van der Waals surface area contributed by atoms with E-state index in [1.807, 2.05) is 11.6 Å². The number of benzene rings is 1. The van der Waals surface area contributed by atoms with Gasteiger partial charge in [-0.2, -0.15) is 5.10 Å². The summed E-state index contributed by atoms with van der Waals surface area (Å²) in [6.45, 7) is 7.94. The Hall–Kier alpha value is -1.32. The molecule has 0 spiro atoms. The second-order valence-corrected chi connectivity index (χ2v) is 5.50. The van der Waals surface area contributed by atoms with Gasteiger partial charge in [0.25, 0.3) is 0 Å². The smallest absolute Gasteiger partial charge is 0.0815 e. The van der Waals surface area contributed by atoms with E-state index >= 15 is 0 Å². The minimum absolute atomic E-state index is 0.496. The Labute approximate surface area is 119 Å². The first-order valence-corrected chi connectivity index (χ1v) is 6.93. The van der Waals surface area contributed by atoms with Crippen LogP contribution in [-0.4, -0.2) is 15.8 Å². The van der Waals surface area contributed by atoms with Crippen molar-refractivity contribution in [1.82, 2.24) is 15.1 Å². The van der Waals surface area contributed by atoms with Crippen LogP contribution >= 0.6 is 11.6 Å². The van der Waals surface area contributed by atoms with Crippen LogP contribution in [0.3, 0.4) is 0 Å². The van der Waals surface area contributed by atoms with E-state index in [2.05, 4.69) is 48.5 Å². The molecule has 2 aromatic rings. The molecule has 0 unspecified atom stereocenters. The summed E-state index contributed by atoms with van der Waals surface area (Å²) in [6, 6.07) is 9.06. The number of aromatic nitrogens is 2. The van der Waals surface area contributed by atoms with Crippen molar-refractivity contribution >= 4 is 11.6 Å². The molecule has 3 nitrogen and oxygen atoms in total. The molecule has 0 radical (unpaired) electrons. The molecule has 0 aliphatic heterocycles. The zero-order valence-electron chi connectivity index (χ0n) is 11.7. The van der Waals surface area contributed by atoms with Gasteiger partial charge in [-0.1, -0.05) is 49.7 Å². The van der Waals surface area contributed by atoms with E-state index in [9.17, 15) is 0 Å². The normalized spacial score (nSPS) is 11.2. The molecule has 2 rings (SSSR count). The lowest BCUT2D eigenvalue weighted by molar-refractivity contribution is 0.588. The topological polar surface area (TPSA) is 29.9 Å². The average Bonchev–Trinajstić information content (AvgIpc) is 2.69. The number of nitrogens with one attached hydrogen (secondary N) is 1. The van der Waals surface area contributed by atoms with Gasteiger partial charge < -0.3 is 5.32 Å². The molecule has 0 saturated carbocycles. The first-order chi connectivity index (χ1) is 9.06. The van der Waals surface area contributed by atoms with Crippen molar-refractivity contribution < 1.29 is 0 Å². The lowest BCUT2D eigenvalue weighted by Crippen LogP contribution is -2.21. The van der Waals surface area contributed by atoms with Gasteiger partial charge in [0.05, 0.1) is 23.5 Å². The maximum absolute atomic E-state index is 6.02. The molecule has 0 bridgehead atoms. The van der Waals surface area contributed by atoms with E-state index in [0.29, 0.717) is 6.04 Å². The van der Waals surface area contributed by atoms with Gasteiger partial charge in [-0.3, -0.25) is 4.68 Å². The van der Waals surface area contributed by atoms with E-state index in [0.717, 1.165) is 23.8 Å². The van der Waals surface area contributed by atoms with Gasteiger partial charge in [0.2, 0.25) is 0 Å². The first-order valence-electron chi connectivity index (χ1n) is 6.55. The summed E-state index contributed by atoms with van der Waals surface area (Å²) in [5.41, 5.74) is 3.54. The lowest BCUT2D eigenvalue weighted by Gasteiger charge is -2.10. The third-order valence-corrected chi connectivity index (χ3v) is 3.45. The van der Waals surface area contributed by atoms with Crippen molar-refractivity contribution in [2.24, 2.45) is 0 Å². The fraction of sp³-hybridized carbons (Fsp3) is 0.400. The van der Waals surface area contributed by atoms with Crippen LogP contribution in [0.2, 0.25) is 5.02 Å². The second kappa shape index (κ2) is 6.22. The summed E-state index contributed by atoms with van der Waals surface area (Å²) in [7, 11) is 0. The molecule has 0 amide bonds. The molecule has 19 heavy (non-hydrogen) atoms. The minimum atomic E-state index is 0.496. The van der Waals surface area contributed by atoms with E-state index in [1.54, 1.807) is 6.20 Å². The van der Waals surface area contributed by atoms with Crippen molar-refractivity contribution in [2.75, 3.05) is 0 Å². The van der Waals surface area contributed by atoms with Crippen LogP contribution in [0.1, 0.15) is 30.7 Å². The third kappa shape index (κ3) is 3.82. The minimum Gasteiger partial charge on any atom is -0.310 e. The Morgan fingerprint density at radius 2 is 2.05 bits per heavy atom. The quantitative estimate of drug-likeness (QED) is 0.908. The highest BCUT2D eigenvalue weighted by Gasteiger charge is 2.05. The largest absolute Gasteiger partial charge is 0.310 e. The van der Waals surface area contributed by atoms with E-state index in [-0.39, 0.29) is 0 Å². The predicted molar refractivity (Wildman–Crippen MR) is 79.5 cm³/mol. The predicted octanol–water partition coefficient (Wildman–Crippen LogP) is 3.39. The Bertz CT molecular complexity index is 546. The van der Waals surface area contributed by atoms with Crippen LogP contribution in [0, 0.1) is 6.92 Å². The van der Waals surface area contributed by atoms with Crippen molar-refractivity contribution in [2.45, 2.75) is 39.9 Å². The van der Waals surface area contributed by atoms with Crippen molar-refractivity contribution in [1.29, 1.82) is 0 Å². The molecular weight excluding hydrogens is 258 g/mol. The third-order valence-electron chi connectivity index (χ3n) is 3.08. The van der Waals surface area contributed by atoms with Crippen LogP contribution in [0.25, 0.3) is 0 Å². The average molecular weight is 278 g/mol. The molecule has 102 valence electrons. The van der Waals surface area contributed by atoms with Gasteiger partial charge in [0.1, 0.15) is 0 Å². The number of rotatable bonds is 5. The summed E-state index contributed by atoms with van der Waals surface area (Å²) in [5, 5.41) is 8.43. The lowest BCUT2D eigenvalue weighted by atomic mass is 10.1. The number of hydrogen-bond acceptors (Lipinski definition) is 2. The standard InChI is InChI=1S/C15H20ClN3/c1-11(2)17-8-13-5-4-6-14(7-13)10-19-12(3)15(16)9-18-19/h4-7,9,11,17H,8,10H2,1-3H3. The Morgan fingerprint density at radius 1 is 1.32 bits per heavy atom. The molecule has 0 aliphatic rings. The van der Waals surface area contributed by atoms with Gasteiger partial charge in [-0.25, -0.2) is 0 Å². The fourth-order valence-corrected chi connectivity index (χ4v) is 2.06. The Morgan fingerprint density at radius 3 is 2.68 bits per heavy atom. The molecule has 1 heterocycles. The van der Waals surface area contributed by atoms with Crippen molar-refractivity contribution in [3.05, 3.63) is 52.3 Å². The number of hydrogen-bond donors (Lipinski definition) is 1. The second-order valence-electron chi connectivity index (χ2n) is 5.09. The molecule has 0 atom stereocenters. The van der Waals surface area contributed by atoms with Crippen LogP contribution in [0.5, 0.6) is 0 Å². The monoisotopic (exact) mass is 277 g/mol. The van der Waals surface area contributed by atoms with Crippen LogP contribution in [0.4, 0.5) is 0 Å². The van der Waals surface area contributed by atoms with E-state index in [1.165, 1.54) is 11.1 Å². The molecule has 4 heteroatoms. The Balaban J connectivity index is 2.08. The van der Waals surface area contributed by atoms with Crippen molar-refractivity contribution in [3.8, 4) is 0 Å². The van der Waals surface area contributed by atoms with Crippen molar-refractivity contribution in [3.63, 3.8) is 0 Å². The SMILES string of the molecule is Cc1c(Cl)cnn1Cc1cccc(CNC(C)C)c1. The van der Waals surface area contributed by atoms with Gasteiger partial charge >= 0.3 is 0 Å². The summed E-state index contributed by atoms with van der Waals surface area (Å²) in [6.07, 6.45) is 1.70. The summed E-state index contributed by atoms with van der Waals surface area (Å²) < 4.78 is 1.93. The summed E-state index contributed by atoms with van der Waals surface area (Å²) >= 11 is 6.02. The highest BCUT2D eigenvalue weighted by Crippen LogP contribution is 2.15. The highest BCUT2D eigenvalue weighted by molar-refractivity contribution is 6.31. The molecule has 0 saturated heterocycles. The van der Waals surface area contributed by atoms with Gasteiger partial charge in [0, 0.05) is 12.6 Å². The molecule has 1 N–H and O–H groups in total. The molecular formula is C15H20ClN3. The first kappa shape index (κ1) is 14.1. The zero-order valence-corrected chi connectivity index (χ0v) is 12.4. The van der Waals surface area contributed by atoms with Crippen LogP contribution < -0.4 is 5.32 Å². The summed E-state index contributed by atoms with van der Waals surface area (Å²) in [4.78, 5) is 0. The van der Waals surface area contributed by atoms with Crippen LogP contribution in [-0.2, 0) is 13.1 Å². The van der Waals surface area contributed by atoms with Crippen LogP contribution in [0.15, 0.2) is 30.5 Å². The zero-order chi connectivity index (χ0) is 13.8. The van der Waals surface area contributed by atoms with E-state index in [4.69, 9.17) is 11.6 Å². The number of nitrogens with zero attached hydrogens (tertiary/aromatic N) is 2. The highest BCUT2D eigenvalue weighted by atomic mass is 35.5. The maximum atomic E-state index is 6.02.